The van der Waals surface area contributed by atoms with Crippen molar-refractivity contribution in [2.24, 2.45) is 0 Å². The molecule has 2 aromatic rings. The van der Waals surface area contributed by atoms with Crippen LogP contribution in [0, 0.1) is 0 Å². The maximum atomic E-state index is 9.34. The predicted molar refractivity (Wildman–Crippen MR) is 54.4 cm³/mol. The molecule has 0 amide bonds. The van der Waals surface area contributed by atoms with E-state index in [1.165, 1.54) is 0 Å². The Balaban J connectivity index is 2.89. The Morgan fingerprint density at radius 2 is 1.69 bits per heavy atom. The zero-order valence-corrected chi connectivity index (χ0v) is 6.99. The summed E-state index contributed by atoms with van der Waals surface area (Å²) in [6.07, 6.45) is 0. The number of aromatic hydroxyl groups is 1. The Morgan fingerprint density at radius 1 is 1.00 bits per heavy atom. The highest BCUT2D eigenvalue weighted by Gasteiger charge is 2.02. The van der Waals surface area contributed by atoms with E-state index in [-0.39, 0.29) is 5.75 Å². The smallest absolute Gasteiger partial charge is 0.139 e. The summed E-state index contributed by atoms with van der Waals surface area (Å²) in [7, 11) is 0. The standard InChI is InChI=1S/C10H10N2O/c11-7-3-1-6-2-4-9(13)10(12)8(6)5-7/h1-5,13H,11-12H2. The lowest BCUT2D eigenvalue weighted by molar-refractivity contribution is 0.478. The van der Waals surface area contributed by atoms with Crippen molar-refractivity contribution in [1.29, 1.82) is 0 Å². The highest BCUT2D eigenvalue weighted by molar-refractivity contribution is 5.97. The maximum absolute atomic E-state index is 9.34. The first kappa shape index (κ1) is 7.73. The van der Waals surface area contributed by atoms with Gasteiger partial charge in [0.1, 0.15) is 5.75 Å². The third-order valence-electron chi connectivity index (χ3n) is 2.06. The van der Waals surface area contributed by atoms with Crippen LogP contribution in [0.5, 0.6) is 5.75 Å². The van der Waals surface area contributed by atoms with E-state index in [1.54, 1.807) is 24.3 Å². The van der Waals surface area contributed by atoms with Crippen LogP contribution in [0.2, 0.25) is 0 Å². The monoisotopic (exact) mass is 174 g/mol. The fourth-order valence-electron chi connectivity index (χ4n) is 1.35. The molecule has 0 heterocycles. The topological polar surface area (TPSA) is 72.3 Å². The minimum atomic E-state index is 0.0955. The fraction of sp³-hybridized carbons (Fsp3) is 0. The molecule has 0 radical (unpaired) electrons. The van der Waals surface area contributed by atoms with E-state index in [1.807, 2.05) is 6.07 Å². The molecule has 0 aliphatic heterocycles. The van der Waals surface area contributed by atoms with Gasteiger partial charge < -0.3 is 16.6 Å². The van der Waals surface area contributed by atoms with Crippen molar-refractivity contribution >= 4 is 22.1 Å². The summed E-state index contributed by atoms with van der Waals surface area (Å²) in [6, 6.07) is 8.82. The summed E-state index contributed by atoms with van der Waals surface area (Å²) in [5.74, 6) is 0.0955. The van der Waals surface area contributed by atoms with Crippen molar-refractivity contribution < 1.29 is 5.11 Å². The quantitative estimate of drug-likeness (QED) is 0.420. The number of fused-ring (bicyclic) bond motifs is 1. The number of anilines is 2. The highest BCUT2D eigenvalue weighted by atomic mass is 16.3. The molecule has 0 aliphatic rings. The van der Waals surface area contributed by atoms with Crippen molar-refractivity contribution in [3.8, 4) is 5.75 Å². The molecule has 5 N–H and O–H groups in total. The molecule has 3 heteroatoms. The summed E-state index contributed by atoms with van der Waals surface area (Å²) in [5.41, 5.74) is 12.3. The first-order valence-electron chi connectivity index (χ1n) is 3.95. The van der Waals surface area contributed by atoms with E-state index in [2.05, 4.69) is 0 Å². The number of rotatable bonds is 0. The van der Waals surface area contributed by atoms with Crippen LogP contribution in [0.3, 0.4) is 0 Å². The minimum Gasteiger partial charge on any atom is -0.506 e. The fourth-order valence-corrected chi connectivity index (χ4v) is 1.35. The van der Waals surface area contributed by atoms with Gasteiger partial charge in [0.15, 0.2) is 0 Å². The summed E-state index contributed by atoms with van der Waals surface area (Å²) >= 11 is 0. The molecule has 0 spiro atoms. The van der Waals surface area contributed by atoms with Gasteiger partial charge >= 0.3 is 0 Å². The molecular weight excluding hydrogens is 164 g/mol. The lowest BCUT2D eigenvalue weighted by Crippen LogP contribution is -1.90. The first-order chi connectivity index (χ1) is 6.18. The number of benzene rings is 2. The van der Waals surface area contributed by atoms with Gasteiger partial charge in [-0.3, -0.25) is 0 Å². The van der Waals surface area contributed by atoms with E-state index in [0.717, 1.165) is 10.8 Å². The van der Waals surface area contributed by atoms with Crippen molar-refractivity contribution in [2.75, 3.05) is 11.5 Å². The lowest BCUT2D eigenvalue weighted by Gasteiger charge is -2.04. The van der Waals surface area contributed by atoms with Crippen LogP contribution < -0.4 is 11.5 Å². The zero-order chi connectivity index (χ0) is 9.42. The van der Waals surface area contributed by atoms with Crippen LogP contribution in [0.1, 0.15) is 0 Å². The van der Waals surface area contributed by atoms with Crippen molar-refractivity contribution in [3.05, 3.63) is 30.3 Å². The van der Waals surface area contributed by atoms with Crippen LogP contribution in [0.4, 0.5) is 11.4 Å². The Morgan fingerprint density at radius 3 is 2.46 bits per heavy atom. The normalized spacial score (nSPS) is 10.5. The molecule has 66 valence electrons. The molecular formula is C10H10N2O. The molecule has 0 aliphatic carbocycles. The van der Waals surface area contributed by atoms with Crippen LogP contribution in [0.15, 0.2) is 30.3 Å². The molecule has 0 fully saturated rings. The van der Waals surface area contributed by atoms with Gasteiger partial charge in [-0.15, -0.1) is 0 Å². The van der Waals surface area contributed by atoms with Gasteiger partial charge in [-0.05, 0) is 23.6 Å². The number of phenolic OH excluding ortho intramolecular Hbond substituents is 1. The summed E-state index contributed by atoms with van der Waals surface area (Å²) < 4.78 is 0. The molecule has 3 nitrogen and oxygen atoms in total. The van der Waals surface area contributed by atoms with Gasteiger partial charge in [0.05, 0.1) is 5.69 Å². The van der Waals surface area contributed by atoms with Crippen LogP contribution >= 0.6 is 0 Å². The maximum Gasteiger partial charge on any atom is 0.139 e. The van der Waals surface area contributed by atoms with E-state index < -0.39 is 0 Å². The molecule has 0 atom stereocenters. The summed E-state index contributed by atoms with van der Waals surface area (Å²) in [5, 5.41) is 11.1. The molecule has 0 bridgehead atoms. The number of nitrogens with two attached hydrogens (primary N) is 2. The third-order valence-corrected chi connectivity index (χ3v) is 2.06. The Labute approximate surface area is 75.6 Å². The highest BCUT2D eigenvalue weighted by Crippen LogP contribution is 2.30. The second-order valence-electron chi connectivity index (χ2n) is 2.98. The molecule has 0 unspecified atom stereocenters. The summed E-state index contributed by atoms with van der Waals surface area (Å²) in [4.78, 5) is 0. The zero-order valence-electron chi connectivity index (χ0n) is 6.99. The average molecular weight is 174 g/mol. The Hall–Kier alpha value is -1.90. The van der Waals surface area contributed by atoms with Gasteiger partial charge in [-0.25, -0.2) is 0 Å². The largest absolute Gasteiger partial charge is 0.506 e. The number of hydrogen-bond donors (Lipinski definition) is 3. The molecule has 13 heavy (non-hydrogen) atoms. The van der Waals surface area contributed by atoms with Gasteiger partial charge in [-0.2, -0.15) is 0 Å². The number of phenols is 1. The van der Waals surface area contributed by atoms with E-state index in [9.17, 15) is 5.11 Å². The Bertz CT molecular complexity index is 460. The second kappa shape index (κ2) is 2.55. The van der Waals surface area contributed by atoms with Crippen molar-refractivity contribution in [3.63, 3.8) is 0 Å². The van der Waals surface area contributed by atoms with Gasteiger partial charge in [0.2, 0.25) is 0 Å². The lowest BCUT2D eigenvalue weighted by atomic mass is 10.1. The van der Waals surface area contributed by atoms with Crippen molar-refractivity contribution in [2.45, 2.75) is 0 Å². The van der Waals surface area contributed by atoms with E-state index >= 15 is 0 Å². The van der Waals surface area contributed by atoms with Crippen LogP contribution in [0.25, 0.3) is 10.8 Å². The molecule has 0 saturated carbocycles. The third kappa shape index (κ3) is 1.14. The van der Waals surface area contributed by atoms with E-state index in [0.29, 0.717) is 11.4 Å². The second-order valence-corrected chi connectivity index (χ2v) is 2.98. The first-order valence-corrected chi connectivity index (χ1v) is 3.95. The van der Waals surface area contributed by atoms with Gasteiger partial charge in [0, 0.05) is 11.1 Å². The van der Waals surface area contributed by atoms with Crippen molar-refractivity contribution in [1.82, 2.24) is 0 Å². The summed E-state index contributed by atoms with van der Waals surface area (Å²) in [6.45, 7) is 0. The molecule has 2 aromatic carbocycles. The number of hydrogen-bond acceptors (Lipinski definition) is 3. The molecule has 2 rings (SSSR count). The molecule has 0 saturated heterocycles. The van der Waals surface area contributed by atoms with Gasteiger partial charge in [-0.1, -0.05) is 12.1 Å². The number of nitrogen functional groups attached to an aromatic ring is 2. The predicted octanol–water partition coefficient (Wildman–Crippen LogP) is 1.71. The SMILES string of the molecule is Nc1ccc2ccc(O)c(N)c2c1. The average Bonchev–Trinajstić information content (AvgIpc) is 2.12. The van der Waals surface area contributed by atoms with Gasteiger partial charge in [0.25, 0.3) is 0 Å². The molecule has 0 aromatic heterocycles. The van der Waals surface area contributed by atoms with E-state index in [4.69, 9.17) is 11.5 Å². The Kier molecular flexibility index (Phi) is 1.52. The van der Waals surface area contributed by atoms with Crippen LogP contribution in [-0.2, 0) is 0 Å². The van der Waals surface area contributed by atoms with Crippen LogP contribution in [-0.4, -0.2) is 5.11 Å². The minimum absolute atomic E-state index is 0.0955.